The van der Waals surface area contributed by atoms with E-state index in [1.165, 1.54) is 11.3 Å². The van der Waals surface area contributed by atoms with Crippen LogP contribution in [-0.2, 0) is 22.5 Å². The number of fused-ring (bicyclic) bond motifs is 2. The van der Waals surface area contributed by atoms with Crippen LogP contribution in [0.5, 0.6) is 0 Å². The summed E-state index contributed by atoms with van der Waals surface area (Å²) in [5.41, 5.74) is -1.49. The molecule has 1 aliphatic heterocycles. The topological polar surface area (TPSA) is 110 Å². The minimum absolute atomic E-state index is 0.108. The van der Waals surface area contributed by atoms with E-state index in [-0.39, 0.29) is 42.4 Å². The lowest BCUT2D eigenvalue weighted by Crippen LogP contribution is -2.78. The number of carbonyl (C=O) groups excluding carboxylic acids is 2. The van der Waals surface area contributed by atoms with Crippen LogP contribution < -0.4 is 15.6 Å². The average molecular weight is 621 g/mol. The Kier molecular flexibility index (Phi) is 6.75. The first-order valence-electron chi connectivity index (χ1n) is 14.5. The van der Waals surface area contributed by atoms with Crippen LogP contribution in [-0.4, -0.2) is 74.9 Å². The van der Waals surface area contributed by atoms with Crippen LogP contribution in [0.1, 0.15) is 57.5 Å². The number of piperazine rings is 1. The molecule has 2 amide bonds. The van der Waals surface area contributed by atoms with E-state index in [2.05, 4.69) is 10.3 Å². The summed E-state index contributed by atoms with van der Waals surface area (Å²) in [6.45, 7) is 10.4. The molecule has 0 aromatic carbocycles. The highest BCUT2D eigenvalue weighted by Gasteiger charge is 2.78. The zero-order valence-corrected chi connectivity index (χ0v) is 25.7. The van der Waals surface area contributed by atoms with Crippen molar-refractivity contribution in [2.24, 2.45) is 5.41 Å². The first-order valence-corrected chi connectivity index (χ1v) is 15.3. The molecular formula is C29H35F3N6O4S. The van der Waals surface area contributed by atoms with Crippen molar-refractivity contribution in [3.05, 3.63) is 26.9 Å². The Balaban J connectivity index is 1.34. The number of nitrogens with zero attached hydrogens (tertiary/aromatic N) is 5. The number of thiophene rings is 1. The van der Waals surface area contributed by atoms with Gasteiger partial charge in [0.25, 0.3) is 0 Å². The van der Waals surface area contributed by atoms with E-state index in [1.54, 1.807) is 30.2 Å². The van der Waals surface area contributed by atoms with E-state index in [0.717, 1.165) is 4.88 Å². The zero-order chi connectivity index (χ0) is 31.1. The number of carbonyl (C=O) groups is 2. The van der Waals surface area contributed by atoms with E-state index in [4.69, 9.17) is 9.72 Å². The molecule has 0 radical (unpaired) electrons. The Bertz CT molecular complexity index is 1680. The maximum atomic E-state index is 14.1. The van der Waals surface area contributed by atoms with Crippen molar-refractivity contribution in [1.29, 1.82) is 0 Å². The van der Waals surface area contributed by atoms with E-state index in [0.29, 0.717) is 54.3 Å². The van der Waals surface area contributed by atoms with Crippen LogP contribution in [0.15, 0.2) is 10.9 Å². The third-order valence-corrected chi connectivity index (χ3v) is 9.61. The monoisotopic (exact) mass is 620 g/mol. The Labute approximate surface area is 250 Å². The Morgan fingerprint density at radius 2 is 1.74 bits per heavy atom. The number of pyridine rings is 1. The van der Waals surface area contributed by atoms with Gasteiger partial charge in [0.15, 0.2) is 11.2 Å². The lowest BCUT2D eigenvalue weighted by atomic mass is 9.39. The molecule has 3 aromatic heterocycles. The van der Waals surface area contributed by atoms with Crippen LogP contribution in [0.2, 0.25) is 0 Å². The van der Waals surface area contributed by atoms with Gasteiger partial charge in [-0.25, -0.2) is 14.8 Å². The second-order valence-corrected chi connectivity index (χ2v) is 14.3. The summed E-state index contributed by atoms with van der Waals surface area (Å²) in [7, 11) is 0. The van der Waals surface area contributed by atoms with Gasteiger partial charge < -0.3 is 24.4 Å². The molecule has 4 fully saturated rings. The number of anilines is 1. The highest BCUT2D eigenvalue weighted by atomic mass is 32.1. The van der Waals surface area contributed by atoms with Gasteiger partial charge in [-0.1, -0.05) is 6.92 Å². The van der Waals surface area contributed by atoms with Crippen LogP contribution in [0, 0.1) is 12.3 Å². The fourth-order valence-corrected chi connectivity index (χ4v) is 7.62. The SMILES string of the molecule is CCc1c(N2CCN(C(=O)OC(C)(C)C)CC2)c(=O)c2nc3cc(C)sc3nc2n1CC(=O)NC12CC(C(F)(F)F)(C1)C2. The van der Waals surface area contributed by atoms with Gasteiger partial charge >= 0.3 is 12.3 Å². The first-order chi connectivity index (χ1) is 20.0. The quantitative estimate of drug-likeness (QED) is 0.446. The predicted octanol–water partition coefficient (Wildman–Crippen LogP) is 4.54. The summed E-state index contributed by atoms with van der Waals surface area (Å²) >= 11 is 1.43. The number of aryl methyl sites for hydroxylation is 1. The average Bonchev–Trinajstić information content (AvgIpc) is 3.23. The van der Waals surface area contributed by atoms with E-state index in [1.807, 2.05) is 24.8 Å². The number of rotatable bonds is 5. The largest absolute Gasteiger partial charge is 0.444 e. The third kappa shape index (κ3) is 5.00. The number of amides is 2. The summed E-state index contributed by atoms with van der Waals surface area (Å²) < 4.78 is 47.4. The molecule has 3 aromatic rings. The molecule has 4 aliphatic rings. The molecule has 3 saturated carbocycles. The van der Waals surface area contributed by atoms with Crippen LogP contribution in [0.3, 0.4) is 0 Å². The third-order valence-electron chi connectivity index (χ3n) is 8.67. The highest BCUT2D eigenvalue weighted by molar-refractivity contribution is 7.18. The van der Waals surface area contributed by atoms with Gasteiger partial charge in [-0.05, 0) is 59.4 Å². The number of aromatic nitrogens is 3. The first kappa shape index (κ1) is 29.6. The molecule has 14 heteroatoms. The van der Waals surface area contributed by atoms with Crippen molar-refractivity contribution < 1.29 is 27.5 Å². The van der Waals surface area contributed by atoms with Crippen LogP contribution >= 0.6 is 11.3 Å². The molecule has 232 valence electrons. The van der Waals surface area contributed by atoms with E-state index < -0.39 is 34.7 Å². The smallest absolute Gasteiger partial charge is 0.410 e. The minimum atomic E-state index is -4.27. The van der Waals surface area contributed by atoms with Crippen molar-refractivity contribution in [1.82, 2.24) is 24.8 Å². The molecular weight excluding hydrogens is 585 g/mol. The van der Waals surface area contributed by atoms with Crippen molar-refractivity contribution in [3.8, 4) is 0 Å². The molecule has 1 N–H and O–H groups in total. The van der Waals surface area contributed by atoms with Gasteiger partial charge in [0.1, 0.15) is 28.2 Å². The van der Waals surface area contributed by atoms with Crippen molar-refractivity contribution >= 4 is 50.5 Å². The number of hydrogen-bond donors (Lipinski definition) is 1. The fraction of sp³-hybridized carbons (Fsp3) is 0.621. The number of halogens is 3. The summed E-state index contributed by atoms with van der Waals surface area (Å²) in [6.07, 6.45) is -4.62. The van der Waals surface area contributed by atoms with Crippen LogP contribution in [0.4, 0.5) is 23.7 Å². The molecule has 0 spiro atoms. The Morgan fingerprint density at radius 1 is 1.09 bits per heavy atom. The maximum Gasteiger partial charge on any atom is 0.410 e. The zero-order valence-electron chi connectivity index (χ0n) is 24.9. The fourth-order valence-electron chi connectivity index (χ4n) is 6.80. The predicted molar refractivity (Wildman–Crippen MR) is 157 cm³/mol. The van der Waals surface area contributed by atoms with Gasteiger partial charge in [0.05, 0.1) is 5.41 Å². The maximum absolute atomic E-state index is 14.1. The lowest BCUT2D eigenvalue weighted by Gasteiger charge is -2.70. The molecule has 3 aliphatic carbocycles. The van der Waals surface area contributed by atoms with Gasteiger partial charge in [-0.3, -0.25) is 9.59 Å². The summed E-state index contributed by atoms with van der Waals surface area (Å²) in [6, 6.07) is 1.86. The molecule has 10 nitrogen and oxygen atoms in total. The van der Waals surface area contributed by atoms with Crippen molar-refractivity contribution in [2.75, 3.05) is 31.1 Å². The molecule has 4 heterocycles. The number of alkyl halides is 3. The lowest BCUT2D eigenvalue weighted by molar-refractivity contribution is -0.337. The van der Waals surface area contributed by atoms with Crippen molar-refractivity contribution in [2.45, 2.75) is 84.2 Å². The van der Waals surface area contributed by atoms with E-state index in [9.17, 15) is 27.6 Å². The number of ether oxygens (including phenoxy) is 1. The van der Waals surface area contributed by atoms with Crippen molar-refractivity contribution in [3.63, 3.8) is 0 Å². The molecule has 7 rings (SSSR count). The summed E-state index contributed by atoms with van der Waals surface area (Å²) in [5.74, 6) is -0.430. The second-order valence-electron chi connectivity index (χ2n) is 13.1. The molecule has 0 unspecified atom stereocenters. The number of hydrogen-bond acceptors (Lipinski definition) is 8. The standard InChI is InChI=1S/C29H35F3N6O4S/c1-6-18-21(36-7-9-37(10-8-36)25(41)42-26(3,4)5)22(40)20-23(34-24-17(33-20)11-16(2)43-24)38(18)12-19(39)35-28-13-27(14-28,15-28)29(30,31)32/h11H,6-10,12-15H2,1-5H3,(H,35,39). The van der Waals surface area contributed by atoms with Gasteiger partial charge in [-0.2, -0.15) is 13.2 Å². The van der Waals surface area contributed by atoms with Gasteiger partial charge in [-0.15, -0.1) is 11.3 Å². The highest BCUT2D eigenvalue weighted by Crippen LogP contribution is 2.73. The van der Waals surface area contributed by atoms with Crippen LogP contribution in [0.25, 0.3) is 21.5 Å². The molecule has 43 heavy (non-hydrogen) atoms. The van der Waals surface area contributed by atoms with Gasteiger partial charge in [0.2, 0.25) is 11.3 Å². The minimum Gasteiger partial charge on any atom is -0.444 e. The normalized spacial score (nSPS) is 23.7. The van der Waals surface area contributed by atoms with Gasteiger partial charge in [0, 0.05) is 42.3 Å². The molecule has 0 atom stereocenters. The Morgan fingerprint density at radius 3 is 2.33 bits per heavy atom. The molecule has 2 bridgehead atoms. The second kappa shape index (κ2) is 9.80. The Hall–Kier alpha value is -3.42. The summed E-state index contributed by atoms with van der Waals surface area (Å²) in [4.78, 5) is 54.6. The number of nitrogens with one attached hydrogen (secondary N) is 1. The summed E-state index contributed by atoms with van der Waals surface area (Å²) in [5, 5.41) is 2.86. The molecule has 1 saturated heterocycles. The van der Waals surface area contributed by atoms with E-state index >= 15 is 0 Å².